The second-order valence-electron chi connectivity index (χ2n) is 8.14. The molecule has 31 heavy (non-hydrogen) atoms. The molecule has 0 spiro atoms. The van der Waals surface area contributed by atoms with Gasteiger partial charge in [-0.15, -0.1) is 0 Å². The standard InChI is InChI=1S/C24H29FN2O4/c1-17(2)12-26-13-20(31-16-18-7-6-8-19(11-18)30-3)14-27(15-23(26)28)24(29)21-9-4-5-10-22(21)25/h4-11,17,20H,12-16H2,1-3H3. The number of amides is 2. The van der Waals surface area contributed by atoms with Crippen molar-refractivity contribution in [2.75, 3.05) is 33.3 Å². The minimum Gasteiger partial charge on any atom is -0.497 e. The van der Waals surface area contributed by atoms with Gasteiger partial charge in [0.25, 0.3) is 5.91 Å². The maximum absolute atomic E-state index is 14.2. The number of ether oxygens (including phenoxy) is 2. The van der Waals surface area contributed by atoms with E-state index in [-0.39, 0.29) is 30.5 Å². The Hall–Kier alpha value is -2.93. The third-order valence-corrected chi connectivity index (χ3v) is 5.12. The largest absolute Gasteiger partial charge is 0.497 e. The lowest BCUT2D eigenvalue weighted by atomic mass is 10.1. The Kier molecular flexibility index (Phi) is 7.63. The molecule has 0 aromatic heterocycles. The van der Waals surface area contributed by atoms with E-state index < -0.39 is 17.8 Å². The van der Waals surface area contributed by atoms with Crippen molar-refractivity contribution in [2.45, 2.75) is 26.6 Å². The van der Waals surface area contributed by atoms with Crippen LogP contribution in [0.15, 0.2) is 48.5 Å². The average molecular weight is 429 g/mol. The molecule has 1 unspecified atom stereocenters. The third-order valence-electron chi connectivity index (χ3n) is 5.12. The summed E-state index contributed by atoms with van der Waals surface area (Å²) in [5.41, 5.74) is 0.886. The van der Waals surface area contributed by atoms with Gasteiger partial charge in [0, 0.05) is 19.6 Å². The number of benzene rings is 2. The maximum atomic E-state index is 14.2. The van der Waals surface area contributed by atoms with Crippen LogP contribution in [0, 0.1) is 11.7 Å². The molecule has 0 N–H and O–H groups in total. The van der Waals surface area contributed by atoms with Crippen molar-refractivity contribution in [3.05, 3.63) is 65.5 Å². The van der Waals surface area contributed by atoms with Crippen LogP contribution in [0.5, 0.6) is 5.75 Å². The van der Waals surface area contributed by atoms with E-state index in [0.717, 1.165) is 11.3 Å². The molecule has 2 aromatic carbocycles. The van der Waals surface area contributed by atoms with Crippen LogP contribution in [-0.4, -0.2) is 61.0 Å². The summed E-state index contributed by atoms with van der Waals surface area (Å²) in [6.45, 7) is 5.43. The first kappa shape index (κ1) is 22.7. The van der Waals surface area contributed by atoms with Gasteiger partial charge in [0.1, 0.15) is 18.1 Å². The number of halogens is 1. The molecule has 1 atom stereocenters. The van der Waals surface area contributed by atoms with Gasteiger partial charge in [0.15, 0.2) is 0 Å². The van der Waals surface area contributed by atoms with Gasteiger partial charge in [0.2, 0.25) is 5.91 Å². The Labute approximate surface area is 182 Å². The zero-order chi connectivity index (χ0) is 22.4. The number of hydrogen-bond donors (Lipinski definition) is 0. The molecule has 1 aliphatic heterocycles. The number of carbonyl (C=O) groups is 2. The van der Waals surface area contributed by atoms with Crippen molar-refractivity contribution in [1.29, 1.82) is 0 Å². The molecule has 0 saturated carbocycles. The van der Waals surface area contributed by atoms with E-state index in [1.54, 1.807) is 18.1 Å². The van der Waals surface area contributed by atoms with Gasteiger partial charge in [-0.25, -0.2) is 4.39 Å². The Morgan fingerprint density at radius 2 is 1.94 bits per heavy atom. The molecule has 0 aliphatic carbocycles. The lowest BCUT2D eigenvalue weighted by Crippen LogP contribution is -2.40. The quantitative estimate of drug-likeness (QED) is 0.679. The zero-order valence-corrected chi connectivity index (χ0v) is 18.2. The van der Waals surface area contributed by atoms with Gasteiger partial charge in [-0.1, -0.05) is 38.1 Å². The topological polar surface area (TPSA) is 59.1 Å². The van der Waals surface area contributed by atoms with E-state index >= 15 is 0 Å². The highest BCUT2D eigenvalue weighted by Gasteiger charge is 2.32. The normalized spacial score (nSPS) is 17.1. The number of carbonyl (C=O) groups excluding carboxylic acids is 2. The molecule has 0 bridgehead atoms. The van der Waals surface area contributed by atoms with E-state index in [0.29, 0.717) is 19.7 Å². The number of rotatable bonds is 7. The molecule has 1 aliphatic rings. The Bertz CT molecular complexity index is 918. The zero-order valence-electron chi connectivity index (χ0n) is 18.2. The SMILES string of the molecule is COc1cccc(COC2CN(CC(C)C)C(=O)CN(C(=O)c3ccccc3F)C2)c1. The number of hydrogen-bond acceptors (Lipinski definition) is 4. The first-order chi connectivity index (χ1) is 14.9. The van der Waals surface area contributed by atoms with Crippen molar-refractivity contribution in [1.82, 2.24) is 9.80 Å². The predicted octanol–water partition coefficient (Wildman–Crippen LogP) is 3.36. The Morgan fingerprint density at radius 3 is 2.65 bits per heavy atom. The first-order valence-corrected chi connectivity index (χ1v) is 10.4. The summed E-state index contributed by atoms with van der Waals surface area (Å²) in [6, 6.07) is 13.4. The first-order valence-electron chi connectivity index (χ1n) is 10.4. The highest BCUT2D eigenvalue weighted by molar-refractivity contribution is 5.97. The van der Waals surface area contributed by atoms with Crippen LogP contribution in [0.3, 0.4) is 0 Å². The molecule has 1 saturated heterocycles. The highest BCUT2D eigenvalue weighted by atomic mass is 19.1. The van der Waals surface area contributed by atoms with E-state index in [9.17, 15) is 14.0 Å². The molecular formula is C24H29FN2O4. The predicted molar refractivity (Wildman–Crippen MR) is 115 cm³/mol. The summed E-state index contributed by atoms with van der Waals surface area (Å²) in [5, 5.41) is 0. The Balaban J connectivity index is 1.79. The van der Waals surface area contributed by atoms with Gasteiger partial charge in [0.05, 0.1) is 25.4 Å². The fraction of sp³-hybridized carbons (Fsp3) is 0.417. The third kappa shape index (κ3) is 6.04. The van der Waals surface area contributed by atoms with E-state index in [1.165, 1.54) is 23.1 Å². The summed E-state index contributed by atoms with van der Waals surface area (Å²) in [4.78, 5) is 29.0. The van der Waals surface area contributed by atoms with Crippen molar-refractivity contribution >= 4 is 11.8 Å². The molecule has 2 amide bonds. The summed E-state index contributed by atoms with van der Waals surface area (Å²) >= 11 is 0. The molecule has 6 nitrogen and oxygen atoms in total. The molecule has 1 heterocycles. The lowest BCUT2D eigenvalue weighted by Gasteiger charge is -2.26. The monoisotopic (exact) mass is 428 g/mol. The van der Waals surface area contributed by atoms with Gasteiger partial charge >= 0.3 is 0 Å². The Morgan fingerprint density at radius 1 is 1.16 bits per heavy atom. The van der Waals surface area contributed by atoms with E-state index in [2.05, 4.69) is 0 Å². The van der Waals surface area contributed by atoms with Crippen molar-refractivity contribution in [2.24, 2.45) is 5.92 Å². The molecule has 7 heteroatoms. The van der Waals surface area contributed by atoms with Crippen molar-refractivity contribution in [3.63, 3.8) is 0 Å². The second-order valence-corrected chi connectivity index (χ2v) is 8.14. The van der Waals surface area contributed by atoms with E-state index in [1.807, 2.05) is 38.1 Å². The minimum atomic E-state index is -0.600. The number of methoxy groups -OCH3 is 1. The molecule has 3 rings (SSSR count). The van der Waals surface area contributed by atoms with Gasteiger partial charge in [-0.2, -0.15) is 0 Å². The van der Waals surface area contributed by atoms with Gasteiger partial charge in [-0.05, 0) is 35.7 Å². The maximum Gasteiger partial charge on any atom is 0.257 e. The van der Waals surface area contributed by atoms with Crippen LogP contribution >= 0.6 is 0 Å². The van der Waals surface area contributed by atoms with E-state index in [4.69, 9.17) is 9.47 Å². The molecular weight excluding hydrogens is 399 g/mol. The average Bonchev–Trinajstić information content (AvgIpc) is 2.90. The fourth-order valence-corrected chi connectivity index (χ4v) is 3.64. The van der Waals surface area contributed by atoms with Gasteiger partial charge < -0.3 is 19.3 Å². The van der Waals surface area contributed by atoms with Crippen LogP contribution in [0.1, 0.15) is 29.8 Å². The lowest BCUT2D eigenvalue weighted by molar-refractivity contribution is -0.132. The molecule has 1 fully saturated rings. The summed E-state index contributed by atoms with van der Waals surface area (Å²) < 4.78 is 25.6. The van der Waals surface area contributed by atoms with Gasteiger partial charge in [-0.3, -0.25) is 9.59 Å². The van der Waals surface area contributed by atoms with Crippen molar-refractivity contribution < 1.29 is 23.5 Å². The summed E-state index contributed by atoms with van der Waals surface area (Å²) in [6.07, 6.45) is -0.396. The van der Waals surface area contributed by atoms with Crippen LogP contribution in [-0.2, 0) is 16.1 Å². The smallest absolute Gasteiger partial charge is 0.257 e. The van der Waals surface area contributed by atoms with Crippen LogP contribution in [0.2, 0.25) is 0 Å². The molecule has 0 radical (unpaired) electrons. The number of nitrogens with zero attached hydrogens (tertiary/aromatic N) is 2. The highest BCUT2D eigenvalue weighted by Crippen LogP contribution is 2.18. The van der Waals surface area contributed by atoms with Crippen LogP contribution in [0.25, 0.3) is 0 Å². The van der Waals surface area contributed by atoms with Crippen LogP contribution in [0.4, 0.5) is 4.39 Å². The van der Waals surface area contributed by atoms with Crippen molar-refractivity contribution in [3.8, 4) is 5.75 Å². The minimum absolute atomic E-state index is 0.0424. The van der Waals surface area contributed by atoms with Crippen LogP contribution < -0.4 is 4.74 Å². The fourth-order valence-electron chi connectivity index (χ4n) is 3.64. The molecule has 2 aromatic rings. The summed E-state index contributed by atoms with van der Waals surface area (Å²) in [7, 11) is 1.60. The summed E-state index contributed by atoms with van der Waals surface area (Å²) in [5.74, 6) is -0.262. The second kappa shape index (κ2) is 10.4. The molecule has 166 valence electrons.